The van der Waals surface area contributed by atoms with E-state index in [0.717, 1.165) is 12.4 Å². The van der Waals surface area contributed by atoms with Crippen molar-refractivity contribution in [2.45, 2.75) is 32.6 Å². The van der Waals surface area contributed by atoms with Gasteiger partial charge in [0.25, 0.3) is 0 Å². The monoisotopic (exact) mass is 185 g/mol. The van der Waals surface area contributed by atoms with Gasteiger partial charge in [0.05, 0.1) is 12.4 Å². The maximum Gasteiger partial charge on any atom is 0.148 e. The van der Waals surface area contributed by atoms with Crippen LogP contribution in [0, 0.1) is 11.6 Å². The number of nitrogens with zero attached hydrogens (tertiary/aromatic N) is 1. The Balaban J connectivity index is 3.28. The van der Waals surface area contributed by atoms with Crippen molar-refractivity contribution >= 4 is 0 Å². The number of pyridine rings is 1. The topological polar surface area (TPSA) is 12.9 Å². The molecule has 0 saturated carbocycles. The third-order valence-electron chi connectivity index (χ3n) is 2.41. The quantitative estimate of drug-likeness (QED) is 0.690. The van der Waals surface area contributed by atoms with Crippen LogP contribution in [0.15, 0.2) is 12.4 Å². The molecule has 0 aliphatic carbocycles. The molecule has 1 nitrogen and oxygen atoms in total. The Morgan fingerprint density at radius 1 is 1.23 bits per heavy atom. The molecule has 0 spiro atoms. The van der Waals surface area contributed by atoms with E-state index in [2.05, 4.69) is 4.98 Å². The molecule has 13 heavy (non-hydrogen) atoms. The van der Waals surface area contributed by atoms with Gasteiger partial charge in [-0.25, -0.2) is 8.78 Å². The lowest BCUT2D eigenvalue weighted by molar-refractivity contribution is 0.431. The normalized spacial score (nSPS) is 11.8. The van der Waals surface area contributed by atoms with Gasteiger partial charge in [-0.05, 0) is 11.8 Å². The summed E-state index contributed by atoms with van der Waals surface area (Å²) in [5.41, 5.74) is -0.345. The first kappa shape index (κ1) is 10.1. The van der Waals surface area contributed by atoms with Crippen molar-refractivity contribution < 1.29 is 8.78 Å². The zero-order valence-electron chi connectivity index (χ0n) is 8.06. The Labute approximate surface area is 76.8 Å². The molecule has 0 N–H and O–H groups in total. The van der Waals surface area contributed by atoms with Crippen LogP contribution < -0.4 is 0 Å². The van der Waals surface area contributed by atoms with Gasteiger partial charge in [-0.1, -0.05) is 20.8 Å². The highest BCUT2D eigenvalue weighted by Crippen LogP contribution is 2.30. The molecule has 0 amide bonds. The molecular formula is C10H13F2N. The maximum absolute atomic E-state index is 13.2. The number of aromatic nitrogens is 1. The summed E-state index contributed by atoms with van der Waals surface area (Å²) in [6.07, 6.45) is 2.79. The molecule has 0 unspecified atom stereocenters. The zero-order chi connectivity index (χ0) is 10.1. The Hall–Kier alpha value is -0.990. The molecule has 0 aliphatic rings. The van der Waals surface area contributed by atoms with Gasteiger partial charge < -0.3 is 0 Å². The first-order valence-electron chi connectivity index (χ1n) is 4.28. The second-order valence-corrected chi connectivity index (χ2v) is 3.72. The van der Waals surface area contributed by atoms with Gasteiger partial charge in [0.1, 0.15) is 11.6 Å². The molecule has 3 heteroatoms. The predicted octanol–water partition coefficient (Wildman–Crippen LogP) is 3.05. The second-order valence-electron chi connectivity index (χ2n) is 3.72. The van der Waals surface area contributed by atoms with Crippen LogP contribution in [-0.4, -0.2) is 4.98 Å². The summed E-state index contributed by atoms with van der Waals surface area (Å²) in [6.45, 7) is 5.53. The minimum atomic E-state index is -0.563. The highest BCUT2D eigenvalue weighted by atomic mass is 19.1. The molecular weight excluding hydrogens is 172 g/mol. The lowest BCUT2D eigenvalue weighted by Gasteiger charge is -2.23. The molecule has 0 saturated heterocycles. The lowest BCUT2D eigenvalue weighted by atomic mass is 9.82. The van der Waals surface area contributed by atoms with Crippen molar-refractivity contribution in [2.75, 3.05) is 0 Å². The molecule has 0 aliphatic heterocycles. The van der Waals surface area contributed by atoms with Crippen LogP contribution in [0.5, 0.6) is 0 Å². The highest BCUT2D eigenvalue weighted by Gasteiger charge is 2.25. The van der Waals surface area contributed by atoms with E-state index in [-0.39, 0.29) is 5.56 Å². The number of halogens is 2. The van der Waals surface area contributed by atoms with E-state index in [1.54, 1.807) is 0 Å². The van der Waals surface area contributed by atoms with E-state index < -0.39 is 17.0 Å². The fraction of sp³-hybridized carbons (Fsp3) is 0.500. The van der Waals surface area contributed by atoms with E-state index in [4.69, 9.17) is 0 Å². The minimum absolute atomic E-state index is 0.130. The average molecular weight is 185 g/mol. The summed E-state index contributed by atoms with van der Waals surface area (Å²) >= 11 is 0. The molecule has 1 aromatic heterocycles. The summed E-state index contributed by atoms with van der Waals surface area (Å²) in [7, 11) is 0. The predicted molar refractivity (Wildman–Crippen MR) is 47.5 cm³/mol. The summed E-state index contributed by atoms with van der Waals surface area (Å²) in [4.78, 5) is 3.44. The molecule has 0 atom stereocenters. The van der Waals surface area contributed by atoms with Gasteiger partial charge in [0.2, 0.25) is 0 Å². The Bertz CT molecular complexity index is 288. The van der Waals surface area contributed by atoms with Gasteiger partial charge in [-0.2, -0.15) is 0 Å². The van der Waals surface area contributed by atoms with Crippen molar-refractivity contribution in [2.24, 2.45) is 0 Å². The van der Waals surface area contributed by atoms with Crippen LogP contribution >= 0.6 is 0 Å². The van der Waals surface area contributed by atoms with Crippen molar-refractivity contribution in [3.8, 4) is 0 Å². The van der Waals surface area contributed by atoms with Crippen LogP contribution in [0.2, 0.25) is 0 Å². The third kappa shape index (κ3) is 1.85. The Morgan fingerprint density at radius 2 is 1.69 bits per heavy atom. The molecule has 0 bridgehead atoms. The number of hydrogen-bond donors (Lipinski definition) is 0. The maximum atomic E-state index is 13.2. The first-order valence-corrected chi connectivity index (χ1v) is 4.28. The zero-order valence-corrected chi connectivity index (χ0v) is 8.06. The van der Waals surface area contributed by atoms with Crippen molar-refractivity contribution in [3.63, 3.8) is 0 Å². The Kier molecular flexibility index (Phi) is 2.64. The standard InChI is InChI=1S/C10H13F2N/c1-4-10(2,3)9-7(11)5-13-6-8(9)12/h5-6H,4H2,1-3H3. The van der Waals surface area contributed by atoms with E-state index >= 15 is 0 Å². The summed E-state index contributed by atoms with van der Waals surface area (Å²) in [5, 5.41) is 0. The molecule has 0 fully saturated rings. The second kappa shape index (κ2) is 3.40. The van der Waals surface area contributed by atoms with E-state index in [1.807, 2.05) is 20.8 Å². The molecule has 1 heterocycles. The van der Waals surface area contributed by atoms with Gasteiger partial charge in [0, 0.05) is 5.56 Å². The number of rotatable bonds is 2. The summed E-state index contributed by atoms with van der Waals surface area (Å²) in [6, 6.07) is 0. The van der Waals surface area contributed by atoms with Gasteiger partial charge in [0.15, 0.2) is 0 Å². The van der Waals surface area contributed by atoms with Gasteiger partial charge >= 0.3 is 0 Å². The van der Waals surface area contributed by atoms with Crippen LogP contribution in [0.3, 0.4) is 0 Å². The molecule has 72 valence electrons. The molecule has 1 rings (SSSR count). The van der Waals surface area contributed by atoms with Crippen LogP contribution in [0.4, 0.5) is 8.78 Å². The summed E-state index contributed by atoms with van der Waals surface area (Å²) in [5.74, 6) is -1.13. The fourth-order valence-corrected chi connectivity index (χ4v) is 1.23. The van der Waals surface area contributed by atoms with E-state index in [0.29, 0.717) is 6.42 Å². The van der Waals surface area contributed by atoms with Crippen molar-refractivity contribution in [3.05, 3.63) is 29.6 Å². The van der Waals surface area contributed by atoms with Crippen molar-refractivity contribution in [1.29, 1.82) is 0 Å². The number of hydrogen-bond acceptors (Lipinski definition) is 1. The van der Waals surface area contributed by atoms with Crippen LogP contribution in [0.25, 0.3) is 0 Å². The van der Waals surface area contributed by atoms with E-state index in [9.17, 15) is 8.78 Å². The largest absolute Gasteiger partial charge is 0.259 e. The third-order valence-corrected chi connectivity index (χ3v) is 2.41. The average Bonchev–Trinajstić information content (AvgIpc) is 2.03. The summed E-state index contributed by atoms with van der Waals surface area (Å²) < 4.78 is 26.5. The van der Waals surface area contributed by atoms with Crippen LogP contribution in [0.1, 0.15) is 32.8 Å². The highest BCUT2D eigenvalue weighted by molar-refractivity contribution is 5.24. The molecule has 0 radical (unpaired) electrons. The van der Waals surface area contributed by atoms with Crippen LogP contribution in [-0.2, 0) is 5.41 Å². The van der Waals surface area contributed by atoms with Gasteiger partial charge in [-0.3, -0.25) is 4.98 Å². The van der Waals surface area contributed by atoms with Gasteiger partial charge in [-0.15, -0.1) is 0 Å². The van der Waals surface area contributed by atoms with Crippen molar-refractivity contribution in [1.82, 2.24) is 4.98 Å². The smallest absolute Gasteiger partial charge is 0.148 e. The van der Waals surface area contributed by atoms with E-state index in [1.165, 1.54) is 0 Å². The first-order chi connectivity index (χ1) is 5.99. The SMILES string of the molecule is CCC(C)(C)c1c(F)cncc1F. The molecule has 1 aromatic rings. The Morgan fingerprint density at radius 3 is 2.08 bits per heavy atom. The fourth-order valence-electron chi connectivity index (χ4n) is 1.23. The lowest BCUT2D eigenvalue weighted by Crippen LogP contribution is -2.19. The molecule has 0 aromatic carbocycles. The minimum Gasteiger partial charge on any atom is -0.259 e.